The number of phosphoric ester groups is 3. The number of phosphoric acid groups is 3. The van der Waals surface area contributed by atoms with Crippen molar-refractivity contribution < 1.29 is 85.6 Å². The van der Waals surface area contributed by atoms with Crippen molar-refractivity contribution in [2.45, 2.75) is 160 Å². The second-order valence-corrected chi connectivity index (χ2v) is 22.9. The zero-order valence-electron chi connectivity index (χ0n) is 39.9. The van der Waals surface area contributed by atoms with Gasteiger partial charge in [-0.3, -0.25) is 32.5 Å². The first-order valence-electron chi connectivity index (χ1n) is 23.3. The molecular formula is C41H72N7O18P3S. The number of ether oxygens (including phenoxy) is 1. The molecule has 29 heteroatoms. The second kappa shape index (κ2) is 30.5. The van der Waals surface area contributed by atoms with Crippen LogP contribution < -0.4 is 16.4 Å². The summed E-state index contributed by atoms with van der Waals surface area (Å²) >= 11 is 0.996. The van der Waals surface area contributed by atoms with Gasteiger partial charge in [0.2, 0.25) is 11.8 Å². The van der Waals surface area contributed by atoms with Crippen molar-refractivity contribution in [3.8, 4) is 0 Å². The number of nitrogen functional groups attached to an aromatic ring is 1. The Kier molecular flexibility index (Phi) is 26.8. The van der Waals surface area contributed by atoms with Crippen molar-refractivity contribution in [2.75, 3.05) is 37.8 Å². The number of imidazole rings is 1. The first-order valence-corrected chi connectivity index (χ1v) is 28.8. The van der Waals surface area contributed by atoms with E-state index in [0.717, 1.165) is 73.9 Å². The van der Waals surface area contributed by atoms with E-state index in [2.05, 4.69) is 53.5 Å². The van der Waals surface area contributed by atoms with Crippen LogP contribution in [-0.4, -0.2) is 134 Å². The van der Waals surface area contributed by atoms with Crippen LogP contribution in [-0.2, 0) is 50.7 Å². The van der Waals surface area contributed by atoms with Crippen LogP contribution in [0.2, 0.25) is 0 Å². The second-order valence-electron chi connectivity index (χ2n) is 17.5. The number of unbranched alkanes of at least 4 members (excludes halogenated alkanes) is 11. The SMILES string of the molecule is CCCCCCCC/C=C/CCCCCCCC(O)CC(=O)SCCNC(=O)CCNC(=O)C(O)C(C)(C)COP(=O)(O)OP(=O)(O)OCC1OC(n2cnc3c(N)ncnc32)C(O)C1OP(=O)(O)O. The van der Waals surface area contributed by atoms with Crippen molar-refractivity contribution in [2.24, 2.45) is 5.41 Å². The highest BCUT2D eigenvalue weighted by Crippen LogP contribution is 2.61. The Labute approximate surface area is 411 Å². The highest BCUT2D eigenvalue weighted by atomic mass is 32.2. The number of rotatable bonds is 36. The van der Waals surface area contributed by atoms with Gasteiger partial charge in [-0.2, -0.15) is 4.31 Å². The largest absolute Gasteiger partial charge is 0.481 e. The van der Waals surface area contributed by atoms with Crippen molar-refractivity contribution in [3.05, 3.63) is 24.8 Å². The fraction of sp³-hybridized carbons (Fsp3) is 0.756. The van der Waals surface area contributed by atoms with E-state index in [4.69, 9.17) is 19.5 Å². The van der Waals surface area contributed by atoms with E-state index in [9.17, 15) is 63.0 Å². The number of anilines is 1. The number of aromatic nitrogens is 4. The van der Waals surface area contributed by atoms with E-state index in [-0.39, 0.29) is 53.8 Å². The van der Waals surface area contributed by atoms with E-state index in [0.29, 0.717) is 6.42 Å². The lowest BCUT2D eigenvalue weighted by molar-refractivity contribution is -0.137. The molecule has 25 nitrogen and oxygen atoms in total. The summed E-state index contributed by atoms with van der Waals surface area (Å²) in [4.78, 5) is 88.5. The minimum atomic E-state index is -5.59. The van der Waals surface area contributed by atoms with Crippen LogP contribution in [0, 0.1) is 5.41 Å². The molecular weight excluding hydrogens is 1000 g/mol. The molecule has 1 aliphatic heterocycles. The average molecular weight is 1080 g/mol. The highest BCUT2D eigenvalue weighted by Gasteiger charge is 2.50. The fourth-order valence-corrected chi connectivity index (χ4v) is 10.7. The minimum Gasteiger partial charge on any atom is -0.393 e. The van der Waals surface area contributed by atoms with Crippen molar-refractivity contribution in [1.29, 1.82) is 0 Å². The zero-order valence-corrected chi connectivity index (χ0v) is 43.4. The maximum atomic E-state index is 12.8. The van der Waals surface area contributed by atoms with Gasteiger partial charge in [-0.25, -0.2) is 28.6 Å². The lowest BCUT2D eigenvalue weighted by Gasteiger charge is -2.30. The van der Waals surface area contributed by atoms with E-state index >= 15 is 0 Å². The zero-order chi connectivity index (χ0) is 52.0. The molecule has 3 heterocycles. The van der Waals surface area contributed by atoms with Crippen molar-refractivity contribution >= 4 is 69.1 Å². The summed E-state index contributed by atoms with van der Waals surface area (Å²) in [5.74, 6) is -1.23. The van der Waals surface area contributed by atoms with Gasteiger partial charge in [0.25, 0.3) is 0 Å². The topological polar surface area (TPSA) is 384 Å². The number of fused-ring (bicyclic) bond motifs is 1. The fourth-order valence-electron chi connectivity index (χ4n) is 7.10. The molecule has 1 aliphatic rings. The van der Waals surface area contributed by atoms with Gasteiger partial charge >= 0.3 is 23.5 Å². The molecule has 400 valence electrons. The Morgan fingerprint density at radius 3 is 2.19 bits per heavy atom. The lowest BCUT2D eigenvalue weighted by Crippen LogP contribution is -2.46. The molecule has 1 fully saturated rings. The summed E-state index contributed by atoms with van der Waals surface area (Å²) in [5, 5.41) is 36.6. The van der Waals surface area contributed by atoms with E-state index in [1.54, 1.807) is 0 Å². The number of thioether (sulfide) groups is 1. The first-order chi connectivity index (χ1) is 32.9. The molecule has 11 N–H and O–H groups in total. The van der Waals surface area contributed by atoms with Crippen LogP contribution in [0.15, 0.2) is 24.8 Å². The van der Waals surface area contributed by atoms with Crippen LogP contribution >= 0.6 is 35.2 Å². The molecule has 70 heavy (non-hydrogen) atoms. The summed E-state index contributed by atoms with van der Waals surface area (Å²) in [5.41, 5.74) is 4.26. The lowest BCUT2D eigenvalue weighted by atomic mass is 9.87. The van der Waals surface area contributed by atoms with Crippen molar-refractivity contribution in [3.63, 3.8) is 0 Å². The Morgan fingerprint density at radius 2 is 1.53 bits per heavy atom. The molecule has 1 saturated heterocycles. The van der Waals surface area contributed by atoms with Gasteiger partial charge in [-0.05, 0) is 32.1 Å². The van der Waals surface area contributed by atoms with Crippen LogP contribution in [0.3, 0.4) is 0 Å². The van der Waals surface area contributed by atoms with E-state index < -0.39 is 90.7 Å². The Balaban J connectivity index is 1.29. The molecule has 0 aliphatic carbocycles. The molecule has 3 rings (SSSR count). The summed E-state index contributed by atoms with van der Waals surface area (Å²) < 4.78 is 62.4. The third kappa shape index (κ3) is 23.0. The minimum absolute atomic E-state index is 0.0178. The van der Waals surface area contributed by atoms with Crippen LogP contribution in [0.5, 0.6) is 0 Å². The molecule has 0 radical (unpaired) electrons. The Hall–Kier alpha value is -2.74. The quantitative estimate of drug-likeness (QED) is 0.0256. The monoisotopic (exact) mass is 1080 g/mol. The molecule has 2 aromatic heterocycles. The molecule has 8 unspecified atom stereocenters. The van der Waals surface area contributed by atoms with Crippen LogP contribution in [0.1, 0.15) is 130 Å². The molecule has 0 saturated carbocycles. The maximum absolute atomic E-state index is 12.8. The number of nitrogens with two attached hydrogens (primary N) is 1. The number of nitrogens with one attached hydrogen (secondary N) is 2. The predicted molar refractivity (Wildman–Crippen MR) is 257 cm³/mol. The van der Waals surface area contributed by atoms with Gasteiger partial charge in [0.15, 0.2) is 22.8 Å². The molecule has 0 bridgehead atoms. The Bertz CT molecular complexity index is 2120. The number of allylic oxidation sites excluding steroid dienone is 2. The number of amides is 2. The summed E-state index contributed by atoms with van der Waals surface area (Å²) in [6.07, 6.45) is 12.7. The molecule has 0 aromatic carbocycles. The number of carbonyl (C=O) groups excluding carboxylic acids is 3. The van der Waals surface area contributed by atoms with Gasteiger partial charge in [-0.15, -0.1) is 0 Å². The summed E-state index contributed by atoms with van der Waals surface area (Å²) in [6, 6.07) is 0. The Morgan fingerprint density at radius 1 is 0.900 bits per heavy atom. The number of aliphatic hydroxyl groups excluding tert-OH is 3. The normalized spacial score (nSPS) is 20.3. The average Bonchev–Trinajstić information content (AvgIpc) is 3.84. The van der Waals surface area contributed by atoms with Crippen LogP contribution in [0.4, 0.5) is 5.82 Å². The molecule has 2 amide bonds. The maximum Gasteiger partial charge on any atom is 0.481 e. The first kappa shape index (κ1) is 61.6. The number of aliphatic hydroxyl groups is 3. The van der Waals surface area contributed by atoms with E-state index in [1.807, 2.05) is 0 Å². The number of hydrogen-bond acceptors (Lipinski definition) is 19. The number of carbonyl (C=O) groups is 3. The summed E-state index contributed by atoms with van der Waals surface area (Å²) in [7, 11) is -16.4. The molecule has 2 aromatic rings. The highest BCUT2D eigenvalue weighted by molar-refractivity contribution is 8.13. The smallest absolute Gasteiger partial charge is 0.393 e. The van der Waals surface area contributed by atoms with Gasteiger partial charge in [0.05, 0.1) is 25.6 Å². The standard InChI is InChI=1S/C41H72N7O18P3S/c1-4-5-6-7-8-9-10-11-12-13-14-15-16-17-18-19-29(49)24-32(51)70-23-22-43-31(50)20-21-44-39(54)36(53)41(2,3)26-63-69(60,61)66-68(58,59)62-25-30-35(65-67(55,56)57)34(52)40(64-30)48-28-47-33-37(42)45-27-46-38(33)48/h11-12,27-30,34-36,40,49,52-53H,4-10,13-26H2,1-3H3,(H,43,50)(H,44,54)(H,58,59)(H,60,61)(H2,42,45,46)(H2,55,56,57)/b12-11+. The van der Waals surface area contributed by atoms with Crippen LogP contribution in [0.25, 0.3) is 11.2 Å². The number of nitrogens with zero attached hydrogens (tertiary/aromatic N) is 4. The third-order valence-corrected chi connectivity index (χ3v) is 15.0. The summed E-state index contributed by atoms with van der Waals surface area (Å²) in [6.45, 7) is 2.62. The van der Waals surface area contributed by atoms with E-state index in [1.165, 1.54) is 52.4 Å². The van der Waals surface area contributed by atoms with Gasteiger partial charge in [0, 0.05) is 37.1 Å². The van der Waals surface area contributed by atoms with Gasteiger partial charge < -0.3 is 56.0 Å². The molecule has 0 spiro atoms. The third-order valence-electron chi connectivity index (χ3n) is 11.0. The van der Waals surface area contributed by atoms with Crippen molar-refractivity contribution in [1.82, 2.24) is 30.2 Å². The molecule has 8 atom stereocenters. The van der Waals surface area contributed by atoms with Gasteiger partial charge in [-0.1, -0.05) is 102 Å². The predicted octanol–water partition coefficient (Wildman–Crippen LogP) is 4.45. The van der Waals surface area contributed by atoms with Gasteiger partial charge in [0.1, 0.15) is 36.3 Å². The number of hydrogen-bond donors (Lipinski definition) is 10.